The molecule has 0 bridgehead atoms. The molecule has 0 aliphatic rings. The molecule has 0 rings (SSSR count). The molecule has 3 N–H and O–H groups in total. The summed E-state index contributed by atoms with van der Waals surface area (Å²) >= 11 is 0. The van der Waals surface area contributed by atoms with E-state index in [0.29, 0.717) is 6.61 Å². The summed E-state index contributed by atoms with van der Waals surface area (Å²) in [6, 6.07) is 0. The Kier molecular flexibility index (Phi) is 48.1. The number of ether oxygens (including phenoxy) is 2. The van der Waals surface area contributed by atoms with Crippen LogP contribution in [0.5, 0.6) is 0 Å². The van der Waals surface area contributed by atoms with Gasteiger partial charge in [0.05, 0.1) is 26.4 Å². The quantitative estimate of drug-likeness (QED) is 0.0236. The Bertz CT molecular complexity index is 1060. The van der Waals surface area contributed by atoms with Gasteiger partial charge >= 0.3 is 13.8 Å². The van der Waals surface area contributed by atoms with Crippen LogP contribution in [0.25, 0.3) is 0 Å². The van der Waals surface area contributed by atoms with Gasteiger partial charge in [-0.25, -0.2) is 4.57 Å². The van der Waals surface area contributed by atoms with Gasteiger partial charge in [0.1, 0.15) is 12.2 Å². The van der Waals surface area contributed by atoms with Crippen molar-refractivity contribution in [2.45, 2.75) is 257 Å². The molecule has 3 atom stereocenters. The number of carbonyl (C=O) groups is 1. The van der Waals surface area contributed by atoms with Crippen LogP contribution >= 0.6 is 7.82 Å². The number of aliphatic hydroxyl groups excluding tert-OH is 2. The zero-order chi connectivity index (χ0) is 45.3. The molecule has 9 nitrogen and oxygen atoms in total. The van der Waals surface area contributed by atoms with Crippen molar-refractivity contribution < 1.29 is 43.0 Å². The van der Waals surface area contributed by atoms with Crippen LogP contribution in [-0.4, -0.2) is 66.3 Å². The van der Waals surface area contributed by atoms with Crippen LogP contribution in [0.4, 0.5) is 0 Å². The van der Waals surface area contributed by atoms with E-state index >= 15 is 0 Å². The molecule has 0 aliphatic heterocycles. The second-order valence-corrected chi connectivity index (χ2v) is 19.0. The second kappa shape index (κ2) is 49.1. The number of hydrogen-bond acceptors (Lipinski definition) is 8. The Morgan fingerprint density at radius 3 is 1.34 bits per heavy atom. The molecule has 366 valence electrons. The molecule has 0 aliphatic carbocycles. The van der Waals surface area contributed by atoms with Gasteiger partial charge in [-0.2, -0.15) is 0 Å². The lowest BCUT2D eigenvalue weighted by Crippen LogP contribution is -2.29. The third-order valence-corrected chi connectivity index (χ3v) is 12.2. The van der Waals surface area contributed by atoms with Gasteiger partial charge in [-0.3, -0.25) is 13.8 Å². The standard InChI is InChI=1S/C52H99O9P/c1-3-5-7-9-11-13-15-17-19-21-22-23-24-25-26-27-29-31-33-35-37-39-41-43-45-58-48-51(49-60-62(56,57)59-47-50(54)46-53)61-52(55)44-42-40-38-36-34-32-30-28-20-18-16-14-12-10-8-6-4-2/h12,14,18,20-22,50-51,53-54H,3-11,13,15-17,19,23-49H2,1-2H3,(H,56,57)/b14-12-,20-18-,22-21-. The maximum atomic E-state index is 12.7. The molecule has 62 heavy (non-hydrogen) atoms. The first-order chi connectivity index (χ1) is 30.3. The number of phosphoric ester groups is 1. The summed E-state index contributed by atoms with van der Waals surface area (Å²) in [7, 11) is -4.52. The third kappa shape index (κ3) is 48.1. The highest BCUT2D eigenvalue weighted by Gasteiger charge is 2.26. The van der Waals surface area contributed by atoms with Gasteiger partial charge in [-0.15, -0.1) is 0 Å². The van der Waals surface area contributed by atoms with E-state index in [2.05, 4.69) is 50.3 Å². The number of aliphatic hydroxyl groups is 2. The van der Waals surface area contributed by atoms with E-state index in [9.17, 15) is 19.4 Å². The molecule has 0 aromatic heterocycles. The van der Waals surface area contributed by atoms with E-state index < -0.39 is 33.2 Å². The van der Waals surface area contributed by atoms with E-state index in [-0.39, 0.29) is 25.6 Å². The zero-order valence-corrected chi connectivity index (χ0v) is 41.2. The molecule has 0 aromatic carbocycles. The monoisotopic (exact) mass is 899 g/mol. The van der Waals surface area contributed by atoms with Gasteiger partial charge in [0, 0.05) is 13.0 Å². The van der Waals surface area contributed by atoms with Crippen LogP contribution in [-0.2, 0) is 27.9 Å². The Hall–Kier alpha value is -1.32. The summed E-state index contributed by atoms with van der Waals surface area (Å²) < 4.78 is 33.5. The molecule has 0 spiro atoms. The fraction of sp³-hybridized carbons (Fsp3) is 0.865. The number of esters is 1. The molecular weight excluding hydrogens is 800 g/mol. The summed E-state index contributed by atoms with van der Waals surface area (Å²) in [5.74, 6) is -0.388. The Morgan fingerprint density at radius 1 is 0.500 bits per heavy atom. The third-order valence-electron chi connectivity index (χ3n) is 11.3. The number of unbranched alkanes of at least 4 members (excludes halogenated alkanes) is 30. The number of hydrogen-bond donors (Lipinski definition) is 3. The maximum Gasteiger partial charge on any atom is 0.472 e. The number of carbonyl (C=O) groups excluding carboxylic acids is 1. The predicted octanol–water partition coefficient (Wildman–Crippen LogP) is 15.2. The van der Waals surface area contributed by atoms with Gasteiger partial charge in [0.25, 0.3) is 0 Å². The lowest BCUT2D eigenvalue weighted by molar-refractivity contribution is -0.154. The van der Waals surface area contributed by atoms with Crippen LogP contribution in [0, 0.1) is 0 Å². The van der Waals surface area contributed by atoms with Crippen molar-refractivity contribution in [3.63, 3.8) is 0 Å². The summed E-state index contributed by atoms with van der Waals surface area (Å²) in [6.45, 7) is 3.52. The molecule has 0 heterocycles. The average Bonchev–Trinajstić information content (AvgIpc) is 3.26. The van der Waals surface area contributed by atoms with Crippen molar-refractivity contribution in [3.8, 4) is 0 Å². The van der Waals surface area contributed by atoms with Crippen LogP contribution in [0.3, 0.4) is 0 Å². The fourth-order valence-corrected chi connectivity index (χ4v) is 8.11. The lowest BCUT2D eigenvalue weighted by atomic mass is 10.0. The summed E-state index contributed by atoms with van der Waals surface area (Å²) in [5, 5.41) is 18.4. The minimum atomic E-state index is -4.52. The van der Waals surface area contributed by atoms with E-state index in [1.165, 1.54) is 167 Å². The van der Waals surface area contributed by atoms with E-state index in [1.54, 1.807) is 0 Å². The van der Waals surface area contributed by atoms with Crippen LogP contribution < -0.4 is 0 Å². The van der Waals surface area contributed by atoms with E-state index in [0.717, 1.165) is 57.8 Å². The van der Waals surface area contributed by atoms with Crippen LogP contribution in [0.2, 0.25) is 0 Å². The molecule has 0 aromatic rings. The summed E-state index contributed by atoms with van der Waals surface area (Å²) in [5.41, 5.74) is 0. The molecule has 0 radical (unpaired) electrons. The Morgan fingerprint density at radius 2 is 0.871 bits per heavy atom. The number of rotatable bonds is 50. The lowest BCUT2D eigenvalue weighted by Gasteiger charge is -2.20. The number of allylic oxidation sites excluding steroid dienone is 6. The molecule has 0 saturated heterocycles. The highest BCUT2D eigenvalue weighted by atomic mass is 31.2. The first kappa shape index (κ1) is 60.7. The minimum Gasteiger partial charge on any atom is -0.457 e. The molecular formula is C52H99O9P. The minimum absolute atomic E-state index is 0.0476. The van der Waals surface area contributed by atoms with Crippen molar-refractivity contribution in [2.24, 2.45) is 0 Å². The maximum absolute atomic E-state index is 12.7. The molecule has 0 fully saturated rings. The van der Waals surface area contributed by atoms with Crippen molar-refractivity contribution in [2.75, 3.05) is 33.0 Å². The van der Waals surface area contributed by atoms with Crippen molar-refractivity contribution in [1.82, 2.24) is 0 Å². The van der Waals surface area contributed by atoms with Gasteiger partial charge in [0.2, 0.25) is 0 Å². The Labute approximate surface area is 382 Å². The zero-order valence-electron chi connectivity index (χ0n) is 40.3. The summed E-state index contributed by atoms with van der Waals surface area (Å²) in [6.07, 6.45) is 55.4. The predicted molar refractivity (Wildman–Crippen MR) is 261 cm³/mol. The normalized spacial score (nSPS) is 14.1. The highest BCUT2D eigenvalue weighted by molar-refractivity contribution is 7.47. The first-order valence-electron chi connectivity index (χ1n) is 26.0. The first-order valence-corrected chi connectivity index (χ1v) is 27.5. The topological polar surface area (TPSA) is 132 Å². The average molecular weight is 899 g/mol. The SMILES string of the molecule is CCCCC/C=C\C/C=C\CCCCCCCCCC(=O)OC(COCCCCCCCCCCCCCC/C=C\CCCCCCCCCC)COP(=O)(O)OCC(O)CO. The molecule has 0 amide bonds. The van der Waals surface area contributed by atoms with Gasteiger partial charge in [-0.05, 0) is 70.6 Å². The van der Waals surface area contributed by atoms with Crippen molar-refractivity contribution in [1.29, 1.82) is 0 Å². The highest BCUT2D eigenvalue weighted by Crippen LogP contribution is 2.43. The molecule has 10 heteroatoms. The molecule has 3 unspecified atom stereocenters. The second-order valence-electron chi connectivity index (χ2n) is 17.5. The summed E-state index contributed by atoms with van der Waals surface area (Å²) in [4.78, 5) is 22.7. The Balaban J connectivity index is 4.03. The van der Waals surface area contributed by atoms with Gasteiger partial charge < -0.3 is 24.6 Å². The van der Waals surface area contributed by atoms with Crippen LogP contribution in [0.1, 0.15) is 245 Å². The van der Waals surface area contributed by atoms with E-state index in [1.807, 2.05) is 0 Å². The van der Waals surface area contributed by atoms with Crippen molar-refractivity contribution in [3.05, 3.63) is 36.5 Å². The smallest absolute Gasteiger partial charge is 0.457 e. The largest absolute Gasteiger partial charge is 0.472 e. The van der Waals surface area contributed by atoms with E-state index in [4.69, 9.17) is 23.6 Å². The van der Waals surface area contributed by atoms with Crippen molar-refractivity contribution >= 4 is 13.8 Å². The fourth-order valence-electron chi connectivity index (χ4n) is 7.32. The van der Waals surface area contributed by atoms with Gasteiger partial charge in [-0.1, -0.05) is 204 Å². The number of phosphoric acid groups is 1. The molecule has 0 saturated carbocycles. The van der Waals surface area contributed by atoms with Crippen LogP contribution in [0.15, 0.2) is 36.5 Å². The van der Waals surface area contributed by atoms with Gasteiger partial charge in [0.15, 0.2) is 0 Å².